The van der Waals surface area contributed by atoms with Crippen molar-refractivity contribution in [2.75, 3.05) is 0 Å². The maximum Gasteiger partial charge on any atom is 0.0289 e. The molecule has 2 aromatic rings. The average Bonchev–Trinajstić information content (AvgIpc) is 2.29. The van der Waals surface area contributed by atoms with Crippen molar-refractivity contribution in [3.05, 3.63) is 58.6 Å². The van der Waals surface area contributed by atoms with Crippen LogP contribution in [0, 0.1) is 0 Å². The van der Waals surface area contributed by atoms with Crippen LogP contribution in [-0.2, 0) is 5.33 Å². The van der Waals surface area contributed by atoms with E-state index in [1.165, 1.54) is 16.7 Å². The lowest BCUT2D eigenvalue weighted by molar-refractivity contribution is 1.42. The van der Waals surface area contributed by atoms with Crippen LogP contribution >= 0.6 is 31.9 Å². The molecule has 0 nitrogen and oxygen atoms in total. The third-order valence-electron chi connectivity index (χ3n) is 2.30. The molecular formula is C13H10Br2. The number of rotatable bonds is 2. The maximum absolute atomic E-state index is 3.51. The normalized spacial score (nSPS) is 10.3. The summed E-state index contributed by atoms with van der Waals surface area (Å²) >= 11 is 7.01. The molecule has 2 heteroatoms. The molecule has 0 heterocycles. The summed E-state index contributed by atoms with van der Waals surface area (Å²) < 4.78 is 1.12. The van der Waals surface area contributed by atoms with Crippen LogP contribution in [0.5, 0.6) is 0 Å². The molecule has 0 N–H and O–H groups in total. The first kappa shape index (κ1) is 10.9. The van der Waals surface area contributed by atoms with Gasteiger partial charge in [-0.2, -0.15) is 0 Å². The number of benzene rings is 2. The number of alkyl halides is 1. The SMILES string of the molecule is BrCc1ccccc1-c1cccc(Br)c1. The summed E-state index contributed by atoms with van der Waals surface area (Å²) in [5.41, 5.74) is 3.85. The van der Waals surface area contributed by atoms with Crippen LogP contribution in [0.25, 0.3) is 11.1 Å². The summed E-state index contributed by atoms with van der Waals surface area (Å²) in [5.74, 6) is 0. The lowest BCUT2D eigenvalue weighted by Crippen LogP contribution is -1.85. The zero-order valence-corrected chi connectivity index (χ0v) is 11.3. The minimum atomic E-state index is 0.885. The van der Waals surface area contributed by atoms with E-state index >= 15 is 0 Å². The smallest absolute Gasteiger partial charge is 0.0289 e. The van der Waals surface area contributed by atoms with Crippen molar-refractivity contribution in [3.63, 3.8) is 0 Å². The first-order chi connectivity index (χ1) is 7.31. The van der Waals surface area contributed by atoms with Gasteiger partial charge in [-0.1, -0.05) is 68.3 Å². The summed E-state index contributed by atoms with van der Waals surface area (Å²) in [7, 11) is 0. The van der Waals surface area contributed by atoms with Crippen LogP contribution in [0.1, 0.15) is 5.56 Å². The molecule has 15 heavy (non-hydrogen) atoms. The molecule has 0 aromatic heterocycles. The molecule has 0 amide bonds. The van der Waals surface area contributed by atoms with Crippen LogP contribution in [0.3, 0.4) is 0 Å². The summed E-state index contributed by atoms with van der Waals surface area (Å²) in [6.07, 6.45) is 0. The molecule has 0 aliphatic rings. The molecule has 0 aliphatic carbocycles. The minimum absolute atomic E-state index is 0.885. The van der Waals surface area contributed by atoms with Crippen LogP contribution in [0.2, 0.25) is 0 Å². The summed E-state index contributed by atoms with van der Waals surface area (Å²) in [5, 5.41) is 0.885. The highest BCUT2D eigenvalue weighted by Gasteiger charge is 2.02. The number of halogens is 2. The zero-order chi connectivity index (χ0) is 10.7. The fourth-order valence-corrected chi connectivity index (χ4v) is 2.46. The second kappa shape index (κ2) is 4.95. The van der Waals surface area contributed by atoms with Crippen molar-refractivity contribution in [2.24, 2.45) is 0 Å². The van der Waals surface area contributed by atoms with Gasteiger partial charge < -0.3 is 0 Å². The Hall–Kier alpha value is -0.600. The second-order valence-corrected chi connectivity index (χ2v) is 4.78. The molecule has 0 atom stereocenters. The molecular weight excluding hydrogens is 316 g/mol. The van der Waals surface area contributed by atoms with E-state index in [4.69, 9.17) is 0 Å². The number of hydrogen-bond donors (Lipinski definition) is 0. The van der Waals surface area contributed by atoms with Crippen LogP contribution < -0.4 is 0 Å². The van der Waals surface area contributed by atoms with Crippen molar-refractivity contribution < 1.29 is 0 Å². The van der Waals surface area contributed by atoms with Gasteiger partial charge in [-0.25, -0.2) is 0 Å². The summed E-state index contributed by atoms with van der Waals surface area (Å²) in [6, 6.07) is 16.8. The van der Waals surface area contributed by atoms with E-state index in [0.29, 0.717) is 0 Å². The van der Waals surface area contributed by atoms with E-state index < -0.39 is 0 Å². The molecule has 0 aliphatic heterocycles. The van der Waals surface area contributed by atoms with E-state index in [-0.39, 0.29) is 0 Å². The van der Waals surface area contributed by atoms with E-state index in [9.17, 15) is 0 Å². The minimum Gasteiger partial charge on any atom is -0.0876 e. The molecule has 0 spiro atoms. The Morgan fingerprint density at radius 1 is 0.933 bits per heavy atom. The fraction of sp³-hybridized carbons (Fsp3) is 0.0769. The first-order valence-electron chi connectivity index (χ1n) is 4.71. The van der Waals surface area contributed by atoms with E-state index in [2.05, 4.69) is 74.3 Å². The van der Waals surface area contributed by atoms with Gasteiger partial charge >= 0.3 is 0 Å². The van der Waals surface area contributed by atoms with Gasteiger partial charge in [-0.3, -0.25) is 0 Å². The van der Waals surface area contributed by atoms with Gasteiger partial charge in [0.2, 0.25) is 0 Å². The van der Waals surface area contributed by atoms with Crippen molar-refractivity contribution in [3.8, 4) is 11.1 Å². The van der Waals surface area contributed by atoms with Crippen LogP contribution in [0.15, 0.2) is 53.0 Å². The predicted molar refractivity (Wildman–Crippen MR) is 72.2 cm³/mol. The summed E-state index contributed by atoms with van der Waals surface area (Å²) in [4.78, 5) is 0. The molecule has 0 radical (unpaired) electrons. The van der Waals surface area contributed by atoms with Crippen molar-refractivity contribution in [1.29, 1.82) is 0 Å². The van der Waals surface area contributed by atoms with Gasteiger partial charge in [0.05, 0.1) is 0 Å². The fourth-order valence-electron chi connectivity index (χ4n) is 1.57. The van der Waals surface area contributed by atoms with E-state index in [0.717, 1.165) is 9.80 Å². The van der Waals surface area contributed by atoms with Crippen molar-refractivity contribution in [1.82, 2.24) is 0 Å². The molecule has 2 aromatic carbocycles. The quantitative estimate of drug-likeness (QED) is 0.681. The van der Waals surface area contributed by atoms with Crippen molar-refractivity contribution >= 4 is 31.9 Å². The molecule has 0 unspecified atom stereocenters. The zero-order valence-electron chi connectivity index (χ0n) is 8.08. The van der Waals surface area contributed by atoms with Crippen molar-refractivity contribution in [2.45, 2.75) is 5.33 Å². The largest absolute Gasteiger partial charge is 0.0876 e. The molecule has 0 fully saturated rings. The Kier molecular flexibility index (Phi) is 3.60. The topological polar surface area (TPSA) is 0 Å². The summed E-state index contributed by atoms with van der Waals surface area (Å²) in [6.45, 7) is 0. The molecule has 76 valence electrons. The highest BCUT2D eigenvalue weighted by molar-refractivity contribution is 9.10. The Balaban J connectivity index is 2.53. The van der Waals surface area contributed by atoms with Gasteiger partial charge in [0.15, 0.2) is 0 Å². The third kappa shape index (κ3) is 2.50. The van der Waals surface area contributed by atoms with Crippen LogP contribution in [0.4, 0.5) is 0 Å². The third-order valence-corrected chi connectivity index (χ3v) is 3.39. The lowest BCUT2D eigenvalue weighted by atomic mass is 10.0. The second-order valence-electron chi connectivity index (χ2n) is 3.30. The van der Waals surface area contributed by atoms with Gasteiger partial charge in [0.1, 0.15) is 0 Å². The standard InChI is InChI=1S/C13H10Br2/c14-9-11-4-1-2-7-13(11)10-5-3-6-12(15)8-10/h1-8H,9H2. The van der Waals surface area contributed by atoms with Gasteiger partial charge in [0.25, 0.3) is 0 Å². The monoisotopic (exact) mass is 324 g/mol. The van der Waals surface area contributed by atoms with Gasteiger partial charge in [-0.15, -0.1) is 0 Å². The molecule has 0 saturated carbocycles. The maximum atomic E-state index is 3.51. The number of hydrogen-bond acceptors (Lipinski definition) is 0. The van der Waals surface area contributed by atoms with Crippen LogP contribution in [-0.4, -0.2) is 0 Å². The highest BCUT2D eigenvalue weighted by Crippen LogP contribution is 2.27. The Bertz CT molecular complexity index is 464. The van der Waals surface area contributed by atoms with E-state index in [1.54, 1.807) is 0 Å². The van der Waals surface area contributed by atoms with E-state index in [1.807, 2.05) is 6.07 Å². The lowest BCUT2D eigenvalue weighted by Gasteiger charge is -2.07. The molecule has 2 rings (SSSR count). The van der Waals surface area contributed by atoms with Gasteiger partial charge in [-0.05, 0) is 28.8 Å². The molecule has 0 bridgehead atoms. The average molecular weight is 326 g/mol. The Morgan fingerprint density at radius 3 is 2.47 bits per heavy atom. The highest BCUT2D eigenvalue weighted by atomic mass is 79.9. The van der Waals surface area contributed by atoms with Gasteiger partial charge in [0, 0.05) is 9.80 Å². The molecule has 0 saturated heterocycles. The Labute approximate surface area is 107 Å². The first-order valence-corrected chi connectivity index (χ1v) is 6.62. The Morgan fingerprint density at radius 2 is 1.73 bits per heavy atom. The predicted octanol–water partition coefficient (Wildman–Crippen LogP) is 5.01.